The Hall–Kier alpha value is -1.39. The third-order valence-electron chi connectivity index (χ3n) is 3.21. The summed E-state index contributed by atoms with van der Waals surface area (Å²) in [5, 5.41) is 35.5. The standard InChI is InChI=1S/C10H12N4O4S/c15-1-3-7(16)8(17)9(18-3)5-4-6(14-13-5)10(19)12-2-11-4/h2-3,7-9,15-17H,1H2,(H,13,14)(H,11,12,19)/t3-,7+,8-,9+/m0/s1. The summed E-state index contributed by atoms with van der Waals surface area (Å²) >= 11 is 5.03. The summed E-state index contributed by atoms with van der Waals surface area (Å²) in [6.45, 7) is -0.377. The Morgan fingerprint density at radius 1 is 1.37 bits per heavy atom. The number of hydrogen-bond acceptors (Lipinski definition) is 7. The Balaban J connectivity index is 2.06. The van der Waals surface area contributed by atoms with Crippen LogP contribution in [0.2, 0.25) is 0 Å². The van der Waals surface area contributed by atoms with Crippen molar-refractivity contribution in [1.82, 2.24) is 20.2 Å². The van der Waals surface area contributed by atoms with E-state index in [-0.39, 0.29) is 6.61 Å². The average molecular weight is 284 g/mol. The Morgan fingerprint density at radius 3 is 2.84 bits per heavy atom. The lowest BCUT2D eigenvalue weighted by atomic mass is 10.1. The summed E-state index contributed by atoms with van der Waals surface area (Å²) in [5.41, 5.74) is 1.49. The molecule has 3 rings (SSSR count). The highest BCUT2D eigenvalue weighted by Gasteiger charge is 2.44. The molecule has 0 bridgehead atoms. The van der Waals surface area contributed by atoms with Gasteiger partial charge < -0.3 is 25.0 Å². The van der Waals surface area contributed by atoms with Crippen LogP contribution in [0.15, 0.2) is 6.33 Å². The van der Waals surface area contributed by atoms with E-state index in [0.717, 1.165) is 0 Å². The van der Waals surface area contributed by atoms with Crippen molar-refractivity contribution < 1.29 is 20.1 Å². The molecule has 1 saturated heterocycles. The van der Waals surface area contributed by atoms with E-state index in [1.807, 2.05) is 0 Å². The summed E-state index contributed by atoms with van der Waals surface area (Å²) in [7, 11) is 0. The zero-order chi connectivity index (χ0) is 13.6. The van der Waals surface area contributed by atoms with Crippen LogP contribution in [0.1, 0.15) is 11.8 Å². The Morgan fingerprint density at radius 2 is 2.16 bits per heavy atom. The molecule has 0 radical (unpaired) electrons. The van der Waals surface area contributed by atoms with Crippen LogP contribution in [0.25, 0.3) is 11.0 Å². The molecule has 1 aliphatic rings. The molecule has 3 heterocycles. The molecule has 1 fully saturated rings. The van der Waals surface area contributed by atoms with Gasteiger partial charge in [-0.2, -0.15) is 5.10 Å². The van der Waals surface area contributed by atoms with Gasteiger partial charge in [0.15, 0.2) is 4.64 Å². The van der Waals surface area contributed by atoms with Gasteiger partial charge in [0.25, 0.3) is 0 Å². The Bertz CT molecular complexity index is 656. The van der Waals surface area contributed by atoms with Crippen molar-refractivity contribution in [2.24, 2.45) is 0 Å². The Kier molecular flexibility index (Phi) is 3.07. The number of H-pyrrole nitrogens is 2. The maximum absolute atomic E-state index is 9.97. The van der Waals surface area contributed by atoms with Crippen LogP contribution in [-0.4, -0.2) is 60.4 Å². The third kappa shape index (κ3) is 1.86. The van der Waals surface area contributed by atoms with Gasteiger partial charge in [0, 0.05) is 0 Å². The maximum atomic E-state index is 9.97. The van der Waals surface area contributed by atoms with Crippen LogP contribution in [0.5, 0.6) is 0 Å². The van der Waals surface area contributed by atoms with Crippen molar-refractivity contribution >= 4 is 23.3 Å². The summed E-state index contributed by atoms with van der Waals surface area (Å²) in [4.78, 5) is 6.78. The van der Waals surface area contributed by atoms with E-state index in [9.17, 15) is 10.2 Å². The maximum Gasteiger partial charge on any atom is 0.157 e. The van der Waals surface area contributed by atoms with Gasteiger partial charge in [-0.1, -0.05) is 12.2 Å². The average Bonchev–Trinajstić information content (AvgIpc) is 2.94. The smallest absolute Gasteiger partial charge is 0.157 e. The molecule has 8 nitrogen and oxygen atoms in total. The predicted molar refractivity (Wildman–Crippen MR) is 65.8 cm³/mol. The fourth-order valence-electron chi connectivity index (χ4n) is 2.22. The van der Waals surface area contributed by atoms with E-state index in [0.29, 0.717) is 21.4 Å². The normalized spacial score (nSPS) is 31.1. The topological polar surface area (TPSA) is 127 Å². The number of aromatic amines is 2. The van der Waals surface area contributed by atoms with Crippen LogP contribution in [0, 0.1) is 4.64 Å². The molecule has 9 heteroatoms. The van der Waals surface area contributed by atoms with E-state index in [1.54, 1.807) is 0 Å². The predicted octanol–water partition coefficient (Wildman–Crippen LogP) is -0.831. The van der Waals surface area contributed by atoms with E-state index in [2.05, 4.69) is 20.2 Å². The lowest BCUT2D eigenvalue weighted by Gasteiger charge is -2.12. The van der Waals surface area contributed by atoms with Gasteiger partial charge in [0.05, 0.1) is 24.1 Å². The van der Waals surface area contributed by atoms with Crippen molar-refractivity contribution in [3.8, 4) is 0 Å². The second kappa shape index (κ2) is 4.62. The van der Waals surface area contributed by atoms with Gasteiger partial charge in [0.2, 0.25) is 0 Å². The van der Waals surface area contributed by atoms with Crippen molar-refractivity contribution in [2.45, 2.75) is 24.4 Å². The lowest BCUT2D eigenvalue weighted by Crippen LogP contribution is -2.32. The molecule has 19 heavy (non-hydrogen) atoms. The zero-order valence-corrected chi connectivity index (χ0v) is 10.5. The van der Waals surface area contributed by atoms with Crippen LogP contribution >= 0.6 is 12.2 Å². The number of aliphatic hydroxyl groups is 3. The highest BCUT2D eigenvalue weighted by atomic mass is 32.1. The Labute approximate surface area is 112 Å². The third-order valence-corrected chi connectivity index (χ3v) is 3.51. The molecule has 1 aliphatic heterocycles. The molecule has 0 spiro atoms. The second-order valence-corrected chi connectivity index (χ2v) is 4.71. The van der Waals surface area contributed by atoms with E-state index < -0.39 is 24.4 Å². The van der Waals surface area contributed by atoms with Crippen molar-refractivity contribution in [3.63, 3.8) is 0 Å². The zero-order valence-electron chi connectivity index (χ0n) is 9.65. The van der Waals surface area contributed by atoms with E-state index >= 15 is 0 Å². The SMILES string of the molecule is OC[C@@H]1O[C@H](c2[nH]nc3c(=S)nc[nH]c23)[C@@H](O)[C@@H]1O. The number of ether oxygens (including phenoxy) is 1. The number of nitrogens with zero attached hydrogens (tertiary/aromatic N) is 2. The van der Waals surface area contributed by atoms with Crippen molar-refractivity contribution in [3.05, 3.63) is 16.7 Å². The number of hydrogen-bond donors (Lipinski definition) is 5. The first-order valence-electron chi connectivity index (χ1n) is 5.67. The number of nitrogens with one attached hydrogen (secondary N) is 2. The number of aliphatic hydroxyl groups excluding tert-OH is 3. The summed E-state index contributed by atoms with van der Waals surface area (Å²) in [5.74, 6) is 0. The first-order valence-corrected chi connectivity index (χ1v) is 6.08. The van der Waals surface area contributed by atoms with Gasteiger partial charge in [-0.15, -0.1) is 0 Å². The van der Waals surface area contributed by atoms with Crippen LogP contribution in [0.3, 0.4) is 0 Å². The first kappa shape index (κ1) is 12.6. The van der Waals surface area contributed by atoms with E-state index in [1.165, 1.54) is 6.33 Å². The second-order valence-electron chi connectivity index (χ2n) is 4.33. The molecular weight excluding hydrogens is 272 g/mol. The highest BCUT2D eigenvalue weighted by Crippen LogP contribution is 2.34. The van der Waals surface area contributed by atoms with Crippen LogP contribution < -0.4 is 0 Å². The fraction of sp³-hybridized carbons (Fsp3) is 0.500. The van der Waals surface area contributed by atoms with Gasteiger partial charge >= 0.3 is 0 Å². The van der Waals surface area contributed by atoms with Gasteiger partial charge in [-0.05, 0) is 0 Å². The number of rotatable bonds is 2. The molecule has 2 aromatic heterocycles. The molecule has 4 atom stereocenters. The minimum atomic E-state index is -1.16. The molecule has 0 amide bonds. The van der Waals surface area contributed by atoms with Gasteiger partial charge in [0.1, 0.15) is 29.9 Å². The monoisotopic (exact) mass is 284 g/mol. The molecule has 102 valence electrons. The van der Waals surface area contributed by atoms with Crippen LogP contribution in [0.4, 0.5) is 0 Å². The summed E-state index contributed by atoms with van der Waals surface area (Å²) < 4.78 is 5.75. The van der Waals surface area contributed by atoms with Crippen LogP contribution in [-0.2, 0) is 4.74 Å². The quantitative estimate of drug-likeness (QED) is 0.455. The fourth-order valence-corrected chi connectivity index (χ4v) is 2.42. The number of aromatic nitrogens is 4. The highest BCUT2D eigenvalue weighted by molar-refractivity contribution is 7.71. The minimum Gasteiger partial charge on any atom is -0.394 e. The van der Waals surface area contributed by atoms with Crippen molar-refractivity contribution in [1.29, 1.82) is 0 Å². The van der Waals surface area contributed by atoms with Gasteiger partial charge in [-0.3, -0.25) is 5.10 Å². The molecule has 2 aromatic rings. The number of fused-ring (bicyclic) bond motifs is 1. The molecule has 0 unspecified atom stereocenters. The van der Waals surface area contributed by atoms with Gasteiger partial charge in [-0.25, -0.2) is 4.98 Å². The largest absolute Gasteiger partial charge is 0.394 e. The molecule has 5 N–H and O–H groups in total. The molecule has 0 saturated carbocycles. The summed E-state index contributed by atoms with van der Waals surface area (Å²) in [6.07, 6.45) is -2.53. The summed E-state index contributed by atoms with van der Waals surface area (Å²) in [6, 6.07) is 0. The first-order chi connectivity index (χ1) is 9.13. The lowest BCUT2D eigenvalue weighted by molar-refractivity contribution is -0.0236. The van der Waals surface area contributed by atoms with E-state index in [4.69, 9.17) is 22.1 Å². The molecular formula is C10H12N4O4S. The molecule has 0 aliphatic carbocycles. The van der Waals surface area contributed by atoms with Crippen molar-refractivity contribution in [2.75, 3.05) is 6.61 Å². The minimum absolute atomic E-state index is 0.322. The molecule has 0 aromatic carbocycles.